The third-order valence-electron chi connectivity index (χ3n) is 7.46. The van der Waals surface area contributed by atoms with Gasteiger partial charge in [0, 0.05) is 31.0 Å². The van der Waals surface area contributed by atoms with Crippen LogP contribution in [0.3, 0.4) is 0 Å². The summed E-state index contributed by atoms with van der Waals surface area (Å²) in [7, 11) is -1.83. The van der Waals surface area contributed by atoms with Crippen molar-refractivity contribution in [1.29, 1.82) is 0 Å². The van der Waals surface area contributed by atoms with Gasteiger partial charge in [0.15, 0.2) is 8.32 Å². The minimum absolute atomic E-state index is 0.0384. The first-order valence-corrected chi connectivity index (χ1v) is 14.6. The fraction of sp³-hybridized carbons (Fsp3) is 0.680. The Morgan fingerprint density at radius 2 is 1.68 bits per heavy atom. The van der Waals surface area contributed by atoms with E-state index in [2.05, 4.69) is 33.9 Å². The van der Waals surface area contributed by atoms with Gasteiger partial charge < -0.3 is 14.1 Å². The molecule has 1 aromatic carbocycles. The van der Waals surface area contributed by atoms with E-state index in [4.69, 9.17) is 9.16 Å². The van der Waals surface area contributed by atoms with Crippen molar-refractivity contribution in [2.45, 2.75) is 96.1 Å². The first-order valence-electron chi connectivity index (χ1n) is 11.7. The zero-order valence-corrected chi connectivity index (χ0v) is 20.9. The van der Waals surface area contributed by atoms with E-state index in [9.17, 15) is 9.59 Å². The molecule has 2 aliphatic heterocycles. The lowest BCUT2D eigenvalue weighted by Crippen LogP contribution is -2.55. The lowest BCUT2D eigenvalue weighted by molar-refractivity contribution is -0.127. The van der Waals surface area contributed by atoms with Gasteiger partial charge in [0.1, 0.15) is 12.4 Å². The van der Waals surface area contributed by atoms with Gasteiger partial charge in [0.2, 0.25) is 0 Å². The molecule has 0 radical (unpaired) electrons. The van der Waals surface area contributed by atoms with E-state index in [1.807, 2.05) is 35.2 Å². The van der Waals surface area contributed by atoms with Crippen molar-refractivity contribution in [3.05, 3.63) is 35.9 Å². The summed E-state index contributed by atoms with van der Waals surface area (Å²) in [4.78, 5) is 27.7. The predicted molar refractivity (Wildman–Crippen MR) is 125 cm³/mol. The molecule has 1 amide bonds. The molecule has 2 unspecified atom stereocenters. The minimum Gasteiger partial charge on any atom is -0.445 e. The van der Waals surface area contributed by atoms with Crippen molar-refractivity contribution < 1.29 is 18.8 Å². The molecule has 172 valence electrons. The van der Waals surface area contributed by atoms with Crippen LogP contribution >= 0.6 is 0 Å². The topological polar surface area (TPSA) is 55.8 Å². The number of rotatable bonds is 7. The average molecular weight is 446 g/mol. The van der Waals surface area contributed by atoms with Crippen molar-refractivity contribution >= 4 is 20.2 Å². The first kappa shape index (κ1) is 24.0. The maximum Gasteiger partial charge on any atom is 0.410 e. The Balaban J connectivity index is 1.52. The molecule has 0 N–H and O–H groups in total. The number of hydrogen-bond acceptors (Lipinski definition) is 4. The van der Waals surface area contributed by atoms with Crippen molar-refractivity contribution in [2.24, 2.45) is 5.92 Å². The van der Waals surface area contributed by atoms with Crippen LogP contribution in [0.1, 0.15) is 64.9 Å². The van der Waals surface area contributed by atoms with Crippen LogP contribution in [0.2, 0.25) is 18.1 Å². The van der Waals surface area contributed by atoms with Crippen LogP contribution in [0.4, 0.5) is 4.79 Å². The van der Waals surface area contributed by atoms with E-state index in [1.54, 1.807) is 0 Å². The largest absolute Gasteiger partial charge is 0.445 e. The van der Waals surface area contributed by atoms with Crippen LogP contribution in [0.25, 0.3) is 0 Å². The second-order valence-corrected chi connectivity index (χ2v) is 15.5. The SMILES string of the molecule is CC(C)(C)[Si](C)(C)OCCC(=O)C1CC2CCCC(C1)N2C(=O)OCc1ccccc1. The normalized spacial score (nSPS) is 24.0. The fourth-order valence-corrected chi connectivity index (χ4v) is 5.61. The number of amides is 1. The molecule has 1 aromatic rings. The number of hydrogen-bond donors (Lipinski definition) is 0. The summed E-state index contributed by atoms with van der Waals surface area (Å²) in [6, 6.07) is 10.0. The molecule has 6 heteroatoms. The summed E-state index contributed by atoms with van der Waals surface area (Å²) in [6.07, 6.45) is 4.81. The maximum absolute atomic E-state index is 13.0. The summed E-state index contributed by atoms with van der Waals surface area (Å²) < 4.78 is 11.8. The Labute approximate surface area is 188 Å². The van der Waals surface area contributed by atoms with Crippen LogP contribution in [0, 0.1) is 5.92 Å². The molecule has 2 bridgehead atoms. The third-order valence-corrected chi connectivity index (χ3v) is 12.0. The lowest BCUT2D eigenvalue weighted by Gasteiger charge is -2.47. The van der Waals surface area contributed by atoms with Crippen molar-refractivity contribution in [3.8, 4) is 0 Å². The number of ether oxygens (including phenoxy) is 1. The maximum atomic E-state index is 13.0. The van der Waals surface area contributed by atoms with E-state index in [-0.39, 0.29) is 29.1 Å². The highest BCUT2D eigenvalue weighted by Gasteiger charge is 2.43. The second kappa shape index (κ2) is 9.86. The number of Topliss-reactive ketones (excluding diaryl/α,β-unsaturated/α-hetero) is 1. The number of nitrogens with zero attached hydrogens (tertiary/aromatic N) is 1. The predicted octanol–water partition coefficient (Wildman–Crippen LogP) is 5.94. The Kier molecular flexibility index (Phi) is 7.63. The molecule has 5 nitrogen and oxygen atoms in total. The molecular formula is C25H39NO4Si. The first-order chi connectivity index (χ1) is 14.6. The summed E-state index contributed by atoms with van der Waals surface area (Å²) >= 11 is 0. The highest BCUT2D eigenvalue weighted by atomic mass is 28.4. The zero-order chi connectivity index (χ0) is 22.6. The van der Waals surface area contributed by atoms with Crippen LogP contribution in [-0.2, 0) is 20.6 Å². The summed E-state index contributed by atoms with van der Waals surface area (Å²) in [5, 5.41) is 0.151. The van der Waals surface area contributed by atoms with E-state index in [1.165, 1.54) is 0 Å². The molecule has 0 saturated carbocycles. The van der Waals surface area contributed by atoms with E-state index in [0.29, 0.717) is 25.4 Å². The molecule has 2 heterocycles. The molecule has 0 aromatic heterocycles. The Morgan fingerprint density at radius 1 is 1.06 bits per heavy atom. The number of ketones is 1. The molecule has 2 fully saturated rings. The highest BCUT2D eigenvalue weighted by molar-refractivity contribution is 6.74. The molecule has 0 spiro atoms. The quantitative estimate of drug-likeness (QED) is 0.488. The van der Waals surface area contributed by atoms with Crippen molar-refractivity contribution in [2.75, 3.05) is 6.61 Å². The highest BCUT2D eigenvalue weighted by Crippen LogP contribution is 2.39. The summed E-state index contributed by atoms with van der Waals surface area (Å²) in [5.41, 5.74) is 0.993. The number of piperidine rings is 2. The van der Waals surface area contributed by atoms with Crippen LogP contribution in [0.5, 0.6) is 0 Å². The Morgan fingerprint density at radius 3 is 2.26 bits per heavy atom. The third kappa shape index (κ3) is 5.98. The molecule has 0 aliphatic carbocycles. The van der Waals surface area contributed by atoms with Crippen LogP contribution in [-0.4, -0.2) is 43.8 Å². The molecule has 3 rings (SSSR count). The molecule has 2 aliphatic rings. The standard InChI is InChI=1S/C25H39NO4Si/c1-25(2,3)31(4,5)30-15-14-23(27)20-16-21-12-9-13-22(17-20)26(21)24(28)29-18-19-10-7-6-8-11-19/h6-8,10-11,20-22H,9,12-18H2,1-5H3. The second-order valence-electron chi connectivity index (χ2n) is 10.7. The van der Waals surface area contributed by atoms with E-state index in [0.717, 1.165) is 37.7 Å². The van der Waals surface area contributed by atoms with Gasteiger partial charge in [-0.1, -0.05) is 51.1 Å². The van der Waals surface area contributed by atoms with Gasteiger partial charge in [0.05, 0.1) is 0 Å². The van der Waals surface area contributed by atoms with Gasteiger partial charge in [-0.25, -0.2) is 4.79 Å². The van der Waals surface area contributed by atoms with E-state index < -0.39 is 8.32 Å². The fourth-order valence-electron chi connectivity index (χ4n) is 4.56. The smallest absolute Gasteiger partial charge is 0.410 e. The summed E-state index contributed by atoms with van der Waals surface area (Å²) in [6.45, 7) is 11.9. The molecule has 31 heavy (non-hydrogen) atoms. The average Bonchev–Trinajstić information content (AvgIpc) is 2.70. The number of fused-ring (bicyclic) bond motifs is 2. The minimum atomic E-state index is -1.83. The molecular weight excluding hydrogens is 406 g/mol. The molecule has 2 atom stereocenters. The van der Waals surface area contributed by atoms with Crippen LogP contribution < -0.4 is 0 Å². The Hall–Kier alpha value is -1.66. The van der Waals surface area contributed by atoms with Crippen molar-refractivity contribution in [1.82, 2.24) is 4.90 Å². The van der Waals surface area contributed by atoms with Gasteiger partial charge in [-0.15, -0.1) is 0 Å². The van der Waals surface area contributed by atoms with E-state index >= 15 is 0 Å². The van der Waals surface area contributed by atoms with Gasteiger partial charge >= 0.3 is 6.09 Å². The van der Waals surface area contributed by atoms with Crippen LogP contribution in [0.15, 0.2) is 30.3 Å². The lowest BCUT2D eigenvalue weighted by atomic mass is 9.76. The number of benzene rings is 1. The van der Waals surface area contributed by atoms with Gasteiger partial charge in [-0.05, 0) is 55.8 Å². The van der Waals surface area contributed by atoms with Gasteiger partial charge in [-0.2, -0.15) is 0 Å². The number of carbonyl (C=O) groups excluding carboxylic acids is 2. The zero-order valence-electron chi connectivity index (χ0n) is 19.9. The summed E-state index contributed by atoms with van der Waals surface area (Å²) in [5.74, 6) is 0.337. The number of carbonyl (C=O) groups is 2. The molecule has 2 saturated heterocycles. The van der Waals surface area contributed by atoms with Gasteiger partial charge in [0.25, 0.3) is 0 Å². The van der Waals surface area contributed by atoms with Gasteiger partial charge in [-0.3, -0.25) is 4.79 Å². The Bertz CT molecular complexity index is 745. The monoisotopic (exact) mass is 445 g/mol. The van der Waals surface area contributed by atoms with Crippen molar-refractivity contribution in [3.63, 3.8) is 0 Å².